The van der Waals surface area contributed by atoms with E-state index in [0.29, 0.717) is 21.6 Å². The van der Waals surface area contributed by atoms with Crippen molar-refractivity contribution >= 4 is 58.8 Å². The molecule has 0 aliphatic carbocycles. The summed E-state index contributed by atoms with van der Waals surface area (Å²) in [7, 11) is 0. The molecular weight excluding hydrogens is 851 g/mol. The lowest BCUT2D eigenvalue weighted by molar-refractivity contribution is -0.385. The predicted molar refractivity (Wildman–Crippen MR) is 219 cm³/mol. The Labute approximate surface area is 361 Å². The van der Waals surface area contributed by atoms with E-state index >= 15 is 0 Å². The molecule has 0 saturated carbocycles. The minimum atomic E-state index is -1.03. The number of aliphatic hydroxyl groups excluding tert-OH is 1. The Bertz CT molecular complexity index is 2310. The number of carbonyl (C=O) groups is 5. The van der Waals surface area contributed by atoms with Gasteiger partial charge in [0.1, 0.15) is 25.5 Å². The van der Waals surface area contributed by atoms with E-state index in [1.54, 1.807) is 0 Å². The van der Waals surface area contributed by atoms with Crippen LogP contribution in [0, 0.1) is 42.2 Å². The number of nitrogens with zero attached hydrogens (tertiary/aromatic N) is 5. The monoisotopic (exact) mass is 891 g/mol. The van der Waals surface area contributed by atoms with Gasteiger partial charge < -0.3 is 40.2 Å². The Morgan fingerprint density at radius 2 is 1.32 bits per heavy atom. The summed E-state index contributed by atoms with van der Waals surface area (Å²) in [5.41, 5.74) is 6.48. The van der Waals surface area contributed by atoms with Gasteiger partial charge >= 0.3 is 18.2 Å². The maximum atomic E-state index is 13.9. The molecule has 4 amide bonds. The molecule has 3 heterocycles. The Kier molecular flexibility index (Phi) is 14.2. The summed E-state index contributed by atoms with van der Waals surface area (Å²) >= 11 is 1.20. The fourth-order valence-electron chi connectivity index (χ4n) is 7.70. The number of amides is 4. The number of thioether (sulfide) groups is 1. The summed E-state index contributed by atoms with van der Waals surface area (Å²) in [6.07, 6.45) is -2.71. The topological polar surface area (TPSA) is 307 Å². The zero-order chi connectivity index (χ0) is 45.5. The minimum absolute atomic E-state index is 0.0126. The number of aliphatic hydroxyl groups is 1. The van der Waals surface area contributed by atoms with Crippen LogP contribution in [0.25, 0.3) is 0 Å². The first-order chi connectivity index (χ1) is 30.0. The first kappa shape index (κ1) is 45.4. The highest BCUT2D eigenvalue weighted by molar-refractivity contribution is 8.03. The van der Waals surface area contributed by atoms with Gasteiger partial charge in [-0.3, -0.25) is 39.9 Å². The molecule has 332 valence electrons. The van der Waals surface area contributed by atoms with Crippen LogP contribution >= 0.6 is 11.8 Å². The van der Waals surface area contributed by atoms with Gasteiger partial charge in [0.25, 0.3) is 17.1 Å². The lowest BCUT2D eigenvalue weighted by Crippen LogP contribution is -2.61. The van der Waals surface area contributed by atoms with Gasteiger partial charge in [-0.1, -0.05) is 0 Å². The number of nitrogens with one attached hydrogen (secondary N) is 1. The first-order valence-electron chi connectivity index (χ1n) is 19.4. The van der Waals surface area contributed by atoms with Crippen molar-refractivity contribution in [3.8, 4) is 0 Å². The van der Waals surface area contributed by atoms with Gasteiger partial charge in [0.05, 0.1) is 32.8 Å². The fraction of sp³-hybridized carbons (Fsp3) is 0.375. The predicted octanol–water partition coefficient (Wildman–Crippen LogP) is 4.21. The zero-order valence-electron chi connectivity index (χ0n) is 33.4. The van der Waals surface area contributed by atoms with Crippen molar-refractivity contribution in [2.75, 3.05) is 13.1 Å². The van der Waals surface area contributed by atoms with E-state index < -0.39 is 80.0 Å². The summed E-state index contributed by atoms with van der Waals surface area (Å²) in [6.45, 7) is 0.458. The lowest BCUT2D eigenvalue weighted by atomic mass is 9.83. The normalized spacial score (nSPS) is 19.9. The van der Waals surface area contributed by atoms with Crippen LogP contribution in [0.3, 0.4) is 0 Å². The number of hydrogen-bond donors (Lipinski definition) is 3. The molecule has 2 saturated heterocycles. The molecule has 22 nitrogen and oxygen atoms in total. The van der Waals surface area contributed by atoms with Crippen LogP contribution in [-0.2, 0) is 48.4 Å². The summed E-state index contributed by atoms with van der Waals surface area (Å²) in [5.74, 6) is -3.69. The number of primary amides is 1. The number of nitro groups is 3. The Morgan fingerprint density at radius 3 is 1.79 bits per heavy atom. The molecule has 6 rings (SSSR count). The van der Waals surface area contributed by atoms with Gasteiger partial charge in [-0.05, 0) is 66.4 Å². The summed E-state index contributed by atoms with van der Waals surface area (Å²) in [6, 6.07) is 14.7. The molecule has 1 unspecified atom stereocenters. The van der Waals surface area contributed by atoms with E-state index in [9.17, 15) is 59.4 Å². The SMILES string of the molecule is C[C@@H](O)[C@H]1C(=O)N2C(C(=O)OCc3ccc([N+](=O)[O-])cc3)=C(S[C@H]3C[C@@H](C(CNC(=O)OCc4ccc([N+](=O)[O-])cc4)CC(N)=O)N(C(=O)OCc4ccc([N+](=O)[O-])cc4)C3)C[C@H]12. The van der Waals surface area contributed by atoms with Crippen molar-refractivity contribution in [1.29, 1.82) is 0 Å². The van der Waals surface area contributed by atoms with E-state index in [4.69, 9.17) is 19.9 Å². The van der Waals surface area contributed by atoms with Crippen LogP contribution in [0.1, 0.15) is 42.9 Å². The van der Waals surface area contributed by atoms with E-state index in [1.165, 1.54) is 101 Å². The smallest absolute Gasteiger partial charge is 0.410 e. The molecule has 63 heavy (non-hydrogen) atoms. The maximum Gasteiger partial charge on any atom is 0.410 e. The van der Waals surface area contributed by atoms with Crippen molar-refractivity contribution in [2.45, 2.75) is 69.4 Å². The number of hydrogen-bond acceptors (Lipinski definition) is 16. The molecular formula is C40H41N7O15S. The van der Waals surface area contributed by atoms with E-state index in [0.717, 1.165) is 0 Å². The molecule has 3 aromatic carbocycles. The van der Waals surface area contributed by atoms with Crippen LogP contribution < -0.4 is 11.1 Å². The molecule has 3 aromatic rings. The number of ether oxygens (including phenoxy) is 3. The first-order valence-corrected chi connectivity index (χ1v) is 20.3. The molecule has 0 aromatic heterocycles. The molecule has 0 bridgehead atoms. The van der Waals surface area contributed by atoms with Gasteiger partial charge in [0, 0.05) is 84.4 Å². The average molecular weight is 892 g/mol. The van der Waals surface area contributed by atoms with Crippen LogP contribution in [0.15, 0.2) is 83.4 Å². The molecule has 23 heteroatoms. The lowest BCUT2D eigenvalue weighted by Gasteiger charge is -2.44. The number of esters is 1. The molecule has 3 aliphatic rings. The number of carbonyl (C=O) groups excluding carboxylic acids is 5. The number of likely N-dealkylation sites (tertiary alicyclic amines) is 1. The highest BCUT2D eigenvalue weighted by atomic mass is 32.2. The van der Waals surface area contributed by atoms with Crippen molar-refractivity contribution in [2.24, 2.45) is 17.6 Å². The highest BCUT2D eigenvalue weighted by Gasteiger charge is 2.57. The van der Waals surface area contributed by atoms with E-state index in [-0.39, 0.29) is 74.9 Å². The number of benzene rings is 3. The van der Waals surface area contributed by atoms with Crippen molar-refractivity contribution in [1.82, 2.24) is 15.1 Å². The summed E-state index contributed by atoms with van der Waals surface area (Å²) < 4.78 is 16.5. The Hall–Kier alpha value is -7.14. The third-order valence-electron chi connectivity index (χ3n) is 10.8. The average Bonchev–Trinajstić information content (AvgIpc) is 3.82. The number of non-ortho nitro benzene ring substituents is 3. The number of β-lactam (4-membered cyclic amide) rings is 1. The second-order valence-electron chi connectivity index (χ2n) is 15.0. The van der Waals surface area contributed by atoms with Crippen molar-refractivity contribution in [3.05, 3.63) is 130 Å². The fourth-order valence-corrected chi connectivity index (χ4v) is 9.19. The molecule has 0 radical (unpaired) electrons. The zero-order valence-corrected chi connectivity index (χ0v) is 34.3. The molecule has 2 fully saturated rings. The van der Waals surface area contributed by atoms with Gasteiger partial charge in [-0.15, -0.1) is 11.8 Å². The number of nitro benzene ring substituents is 3. The molecule has 3 aliphatic heterocycles. The Morgan fingerprint density at radius 1 is 0.825 bits per heavy atom. The van der Waals surface area contributed by atoms with E-state index in [1.807, 2.05) is 0 Å². The highest BCUT2D eigenvalue weighted by Crippen LogP contribution is 2.50. The van der Waals surface area contributed by atoms with Gasteiger partial charge in [0.15, 0.2) is 0 Å². The minimum Gasteiger partial charge on any atom is -0.456 e. The van der Waals surface area contributed by atoms with E-state index in [2.05, 4.69) is 5.32 Å². The second kappa shape index (κ2) is 19.7. The number of alkyl carbamates (subject to hydrolysis) is 1. The van der Waals surface area contributed by atoms with Gasteiger partial charge in [0.2, 0.25) is 11.8 Å². The number of fused-ring (bicyclic) bond motifs is 1. The summed E-state index contributed by atoms with van der Waals surface area (Å²) in [5, 5.41) is 45.7. The van der Waals surface area contributed by atoms with Crippen molar-refractivity contribution in [3.63, 3.8) is 0 Å². The van der Waals surface area contributed by atoms with Gasteiger partial charge in [-0.25, -0.2) is 14.4 Å². The molecule has 6 atom stereocenters. The van der Waals surface area contributed by atoms with Crippen LogP contribution in [-0.4, -0.2) is 96.2 Å². The maximum absolute atomic E-state index is 13.9. The number of nitrogens with two attached hydrogens (primary N) is 1. The van der Waals surface area contributed by atoms with Crippen molar-refractivity contribution < 1.29 is 58.1 Å². The third kappa shape index (κ3) is 10.9. The Balaban J connectivity index is 1.21. The van der Waals surface area contributed by atoms with Crippen LogP contribution in [0.2, 0.25) is 0 Å². The third-order valence-corrected chi connectivity index (χ3v) is 12.1. The van der Waals surface area contributed by atoms with Crippen LogP contribution in [0.5, 0.6) is 0 Å². The molecule has 4 N–H and O–H groups in total. The van der Waals surface area contributed by atoms with Crippen LogP contribution in [0.4, 0.5) is 26.7 Å². The second-order valence-corrected chi connectivity index (χ2v) is 16.4. The van der Waals surface area contributed by atoms with Gasteiger partial charge in [-0.2, -0.15) is 0 Å². The largest absolute Gasteiger partial charge is 0.456 e. The number of rotatable bonds is 18. The summed E-state index contributed by atoms with van der Waals surface area (Å²) in [4.78, 5) is 101. The molecule has 0 spiro atoms. The quantitative estimate of drug-likeness (QED) is 0.0529. The standard InChI is InChI=1S/C40H41N7O15S/c1-22(48)35-32-16-33(36(44(32)37(35)50)38(51)60-19-23-2-8-27(9-3-23)45(54)55)63-30-15-31(43(18-30)40(53)62-21-25-6-12-29(13-7-25)47(58)59)26(14-34(41)49)17-42-39(52)61-20-24-4-10-28(11-5-24)46(56)57/h2-13,22,26,30-32,35,48H,14-21H2,1H3,(H2,41,49)(H,42,52)/t22-,26?,30+,31+,32-,35-/m1/s1.